The summed E-state index contributed by atoms with van der Waals surface area (Å²) >= 11 is 0. The quantitative estimate of drug-likeness (QED) is 0.638. The maximum absolute atomic E-state index is 5.95. The number of pyridine rings is 1. The van der Waals surface area contributed by atoms with Crippen LogP contribution >= 0.6 is 0 Å². The Kier molecular flexibility index (Phi) is 4.61. The summed E-state index contributed by atoms with van der Waals surface area (Å²) in [5, 5.41) is 7.61. The van der Waals surface area contributed by atoms with E-state index in [0.29, 0.717) is 18.1 Å². The van der Waals surface area contributed by atoms with Gasteiger partial charge >= 0.3 is 0 Å². The molecular formula is C21H21N5O. The molecule has 0 aliphatic carbocycles. The van der Waals surface area contributed by atoms with Crippen LogP contribution in [0.1, 0.15) is 23.7 Å². The van der Waals surface area contributed by atoms with Crippen LogP contribution in [-0.2, 0) is 11.3 Å². The number of nitrogens with one attached hydrogen (secondary N) is 1. The van der Waals surface area contributed by atoms with Gasteiger partial charge in [-0.3, -0.25) is 0 Å². The van der Waals surface area contributed by atoms with E-state index in [4.69, 9.17) is 16.3 Å². The summed E-state index contributed by atoms with van der Waals surface area (Å²) < 4.78 is 0. The van der Waals surface area contributed by atoms with Crippen molar-refractivity contribution in [3.8, 4) is 0 Å². The van der Waals surface area contributed by atoms with Gasteiger partial charge in [0.05, 0.1) is 5.71 Å². The predicted molar refractivity (Wildman–Crippen MR) is 109 cm³/mol. The number of hydrogen-bond donors (Lipinski definition) is 3. The Bertz CT molecular complexity index is 954. The minimum absolute atomic E-state index is 0.202. The van der Waals surface area contributed by atoms with Crippen LogP contribution in [0.4, 0.5) is 23.0 Å². The number of nitrogens with zero attached hydrogens (tertiary/aromatic N) is 2. The number of rotatable bonds is 5. The lowest BCUT2D eigenvalue weighted by Crippen LogP contribution is -2.07. The summed E-state index contributed by atoms with van der Waals surface area (Å²) in [6.45, 7) is 0. The van der Waals surface area contributed by atoms with Crippen LogP contribution < -0.4 is 16.8 Å². The van der Waals surface area contributed by atoms with Crippen molar-refractivity contribution in [3.63, 3.8) is 0 Å². The summed E-state index contributed by atoms with van der Waals surface area (Å²) in [5.74, 6) is 0.798. The molecule has 0 saturated carbocycles. The van der Waals surface area contributed by atoms with Crippen molar-refractivity contribution in [2.24, 2.45) is 5.16 Å². The van der Waals surface area contributed by atoms with E-state index in [1.807, 2.05) is 36.4 Å². The first-order valence-corrected chi connectivity index (χ1v) is 8.82. The lowest BCUT2D eigenvalue weighted by molar-refractivity contribution is 0.0860. The van der Waals surface area contributed by atoms with Crippen molar-refractivity contribution >= 4 is 28.7 Å². The van der Waals surface area contributed by atoms with Crippen molar-refractivity contribution < 1.29 is 4.84 Å². The zero-order valence-corrected chi connectivity index (χ0v) is 14.8. The van der Waals surface area contributed by atoms with Gasteiger partial charge in [-0.05, 0) is 42.0 Å². The fourth-order valence-corrected chi connectivity index (χ4v) is 3.10. The zero-order valence-electron chi connectivity index (χ0n) is 14.8. The first-order chi connectivity index (χ1) is 13.2. The molecule has 6 heteroatoms. The fourth-order valence-electron chi connectivity index (χ4n) is 3.10. The molecule has 1 aromatic heterocycles. The molecule has 0 saturated heterocycles. The van der Waals surface area contributed by atoms with E-state index < -0.39 is 0 Å². The van der Waals surface area contributed by atoms with E-state index in [-0.39, 0.29) is 6.10 Å². The van der Waals surface area contributed by atoms with Crippen molar-refractivity contribution in [3.05, 3.63) is 77.9 Å². The number of para-hydroxylation sites is 1. The molecule has 1 atom stereocenters. The average molecular weight is 359 g/mol. The number of anilines is 4. The van der Waals surface area contributed by atoms with Crippen LogP contribution in [0.25, 0.3) is 0 Å². The summed E-state index contributed by atoms with van der Waals surface area (Å²) in [5.41, 5.74) is 16.7. The molecule has 1 aliphatic rings. The molecule has 136 valence electrons. The third-order valence-electron chi connectivity index (χ3n) is 4.48. The first kappa shape index (κ1) is 16.9. The monoisotopic (exact) mass is 359 g/mol. The Labute approximate surface area is 157 Å². The highest BCUT2D eigenvalue weighted by molar-refractivity contribution is 5.88. The van der Waals surface area contributed by atoms with Crippen molar-refractivity contribution in [2.75, 3.05) is 16.8 Å². The fraction of sp³-hybridized carbons (Fsp3) is 0.143. The van der Waals surface area contributed by atoms with Gasteiger partial charge in [0.1, 0.15) is 11.6 Å². The van der Waals surface area contributed by atoms with E-state index in [1.54, 1.807) is 6.07 Å². The number of benzene rings is 2. The van der Waals surface area contributed by atoms with Gasteiger partial charge in [0, 0.05) is 29.8 Å². The molecule has 1 aliphatic heterocycles. The molecule has 2 aromatic carbocycles. The van der Waals surface area contributed by atoms with Crippen LogP contribution in [0.2, 0.25) is 0 Å². The summed E-state index contributed by atoms with van der Waals surface area (Å²) in [6.07, 6.45) is 1.23. The van der Waals surface area contributed by atoms with Crippen LogP contribution in [0.5, 0.6) is 0 Å². The number of oxime groups is 1. The zero-order chi connectivity index (χ0) is 18.6. The highest BCUT2D eigenvalue weighted by Crippen LogP contribution is 2.31. The molecular weight excluding hydrogens is 338 g/mol. The normalized spacial score (nSPS) is 15.9. The number of aromatic nitrogens is 1. The summed E-state index contributed by atoms with van der Waals surface area (Å²) in [4.78, 5) is 9.65. The summed E-state index contributed by atoms with van der Waals surface area (Å²) in [6, 6.07) is 22.0. The van der Waals surface area contributed by atoms with E-state index in [9.17, 15) is 0 Å². The molecule has 6 nitrogen and oxygen atoms in total. The minimum atomic E-state index is -0.202. The van der Waals surface area contributed by atoms with Gasteiger partial charge in [-0.1, -0.05) is 35.5 Å². The van der Waals surface area contributed by atoms with Crippen LogP contribution in [0.15, 0.2) is 71.9 Å². The molecule has 3 aromatic rings. The molecule has 0 radical (unpaired) electrons. The van der Waals surface area contributed by atoms with E-state index in [2.05, 4.69) is 39.7 Å². The Morgan fingerprint density at radius 3 is 2.41 bits per heavy atom. The second kappa shape index (κ2) is 7.37. The smallest absolute Gasteiger partial charge is 0.161 e. The lowest BCUT2D eigenvalue weighted by atomic mass is 10.0. The van der Waals surface area contributed by atoms with E-state index in [1.165, 1.54) is 5.56 Å². The van der Waals surface area contributed by atoms with Gasteiger partial charge in [-0.2, -0.15) is 0 Å². The van der Waals surface area contributed by atoms with Gasteiger partial charge in [-0.25, -0.2) is 4.98 Å². The lowest BCUT2D eigenvalue weighted by Gasteiger charge is -2.11. The highest BCUT2D eigenvalue weighted by Gasteiger charge is 2.25. The maximum atomic E-state index is 5.95. The number of nitrogens with two attached hydrogens (primary N) is 2. The first-order valence-electron chi connectivity index (χ1n) is 8.82. The SMILES string of the molecule is Nc1ccc(C2CC(Cc3ccc(Nc4ccccc4)cc3)=NO2)c(N)n1. The molecule has 0 fully saturated rings. The Balaban J connectivity index is 1.37. The van der Waals surface area contributed by atoms with Crippen LogP contribution in [0, 0.1) is 0 Å². The van der Waals surface area contributed by atoms with Gasteiger partial charge in [0.2, 0.25) is 0 Å². The summed E-state index contributed by atoms with van der Waals surface area (Å²) in [7, 11) is 0. The van der Waals surface area contributed by atoms with Gasteiger partial charge in [0.15, 0.2) is 6.10 Å². The van der Waals surface area contributed by atoms with Gasteiger partial charge in [-0.15, -0.1) is 0 Å². The van der Waals surface area contributed by atoms with Crippen LogP contribution in [-0.4, -0.2) is 10.7 Å². The minimum Gasteiger partial charge on any atom is -0.387 e. The molecule has 0 amide bonds. The molecule has 2 heterocycles. The molecule has 27 heavy (non-hydrogen) atoms. The molecule has 5 N–H and O–H groups in total. The topological polar surface area (TPSA) is 98.5 Å². The molecule has 0 spiro atoms. The molecule has 4 rings (SSSR count). The van der Waals surface area contributed by atoms with Gasteiger partial charge < -0.3 is 21.6 Å². The second-order valence-electron chi connectivity index (χ2n) is 6.53. The number of hydrogen-bond acceptors (Lipinski definition) is 6. The van der Waals surface area contributed by atoms with Crippen molar-refractivity contribution in [1.82, 2.24) is 4.98 Å². The maximum Gasteiger partial charge on any atom is 0.161 e. The van der Waals surface area contributed by atoms with Gasteiger partial charge in [0.25, 0.3) is 0 Å². The average Bonchev–Trinajstić information content (AvgIpc) is 3.12. The number of nitrogen functional groups attached to an aromatic ring is 2. The third kappa shape index (κ3) is 4.00. The Hall–Kier alpha value is -3.54. The van der Waals surface area contributed by atoms with Crippen molar-refractivity contribution in [2.45, 2.75) is 18.9 Å². The molecule has 0 bridgehead atoms. The van der Waals surface area contributed by atoms with Crippen LogP contribution in [0.3, 0.4) is 0 Å². The highest BCUT2D eigenvalue weighted by atomic mass is 16.6. The van der Waals surface area contributed by atoms with Crippen molar-refractivity contribution in [1.29, 1.82) is 0 Å². The standard InChI is InChI=1S/C21H21N5O/c22-20-11-10-18(21(23)25-20)19-13-17(26-27-19)12-14-6-8-16(9-7-14)24-15-4-2-1-3-5-15/h1-11,19,24H,12-13H2,(H4,22,23,25). The van der Waals surface area contributed by atoms with E-state index >= 15 is 0 Å². The molecule has 1 unspecified atom stereocenters. The van der Waals surface area contributed by atoms with E-state index in [0.717, 1.165) is 29.1 Å². The second-order valence-corrected chi connectivity index (χ2v) is 6.53. The Morgan fingerprint density at radius 1 is 0.926 bits per heavy atom. The Morgan fingerprint density at radius 2 is 1.67 bits per heavy atom. The predicted octanol–water partition coefficient (Wildman–Crippen LogP) is 4.05. The largest absolute Gasteiger partial charge is 0.387 e. The third-order valence-corrected chi connectivity index (χ3v) is 4.48.